The van der Waals surface area contributed by atoms with E-state index in [0.29, 0.717) is 5.56 Å². The number of rotatable bonds is 6. The van der Waals surface area contributed by atoms with Crippen LogP contribution in [0, 0.1) is 6.92 Å². The summed E-state index contributed by atoms with van der Waals surface area (Å²) in [6.45, 7) is 10.4. The van der Waals surface area contributed by atoms with Crippen molar-refractivity contribution in [1.29, 1.82) is 0 Å². The van der Waals surface area contributed by atoms with E-state index in [0.717, 1.165) is 49.7 Å². The van der Waals surface area contributed by atoms with Crippen LogP contribution in [0.5, 0.6) is 0 Å². The van der Waals surface area contributed by atoms with Gasteiger partial charge in [-0.15, -0.1) is 11.3 Å². The molecule has 6 heteroatoms. The normalized spacial score (nSPS) is 14.8. The largest absolute Gasteiger partial charge is 0.459 e. The summed E-state index contributed by atoms with van der Waals surface area (Å²) in [4.78, 5) is 25.2. The topological polar surface area (TPSA) is 45.7 Å². The smallest absolute Gasteiger partial charge is 0.342 e. The van der Waals surface area contributed by atoms with Crippen molar-refractivity contribution in [3.63, 3.8) is 0 Å². The Morgan fingerprint density at radius 1 is 1.06 bits per heavy atom. The predicted octanol–water partition coefficient (Wildman–Crippen LogP) is 5.01. The molecule has 1 aliphatic heterocycles. The molecule has 0 aliphatic carbocycles. The second-order valence-corrected chi connectivity index (χ2v) is 9.53. The van der Waals surface area contributed by atoms with Crippen molar-refractivity contribution in [3.8, 4) is 11.1 Å². The van der Waals surface area contributed by atoms with Gasteiger partial charge in [-0.2, -0.15) is 0 Å². The van der Waals surface area contributed by atoms with Gasteiger partial charge in [-0.05, 0) is 44.5 Å². The fourth-order valence-corrected chi connectivity index (χ4v) is 4.86. The van der Waals surface area contributed by atoms with E-state index in [1.165, 1.54) is 9.75 Å². The second kappa shape index (κ2) is 9.62. The van der Waals surface area contributed by atoms with Crippen LogP contribution in [0.1, 0.15) is 34.0 Å². The van der Waals surface area contributed by atoms with Crippen LogP contribution in [0.3, 0.4) is 0 Å². The number of hydrogen-bond acceptors (Lipinski definition) is 6. The molecule has 0 radical (unpaired) electrons. The van der Waals surface area contributed by atoms with E-state index in [-0.39, 0.29) is 12.1 Å². The van der Waals surface area contributed by atoms with Gasteiger partial charge in [-0.1, -0.05) is 30.3 Å². The standard InChI is InChI=1S/C25H29N3O2S/c1-18(2)30-25(29)23-22(20-7-5-4-6-8-20)11-12-26-24(23)28-15-13-27(14-16-28)17-21-10-9-19(3)31-21/h4-12,18H,13-17H2,1-3H3. The Morgan fingerprint density at radius 3 is 2.45 bits per heavy atom. The summed E-state index contributed by atoms with van der Waals surface area (Å²) in [5.41, 5.74) is 2.42. The lowest BCUT2D eigenvalue weighted by Gasteiger charge is -2.36. The molecule has 1 fully saturated rings. The first-order chi connectivity index (χ1) is 15.0. The monoisotopic (exact) mass is 435 g/mol. The zero-order valence-corrected chi connectivity index (χ0v) is 19.2. The first-order valence-electron chi connectivity index (χ1n) is 10.8. The minimum atomic E-state index is -0.312. The molecule has 0 N–H and O–H groups in total. The molecule has 3 heterocycles. The Hall–Kier alpha value is -2.70. The zero-order chi connectivity index (χ0) is 21.8. The summed E-state index contributed by atoms with van der Waals surface area (Å²) >= 11 is 1.86. The quantitative estimate of drug-likeness (QED) is 0.510. The molecule has 0 unspecified atom stereocenters. The highest BCUT2D eigenvalue weighted by molar-refractivity contribution is 7.11. The molecule has 0 amide bonds. The van der Waals surface area contributed by atoms with E-state index in [2.05, 4.69) is 33.8 Å². The maximum absolute atomic E-state index is 13.1. The minimum Gasteiger partial charge on any atom is -0.459 e. The molecule has 1 aromatic carbocycles. The van der Waals surface area contributed by atoms with Gasteiger partial charge in [0.05, 0.1) is 6.10 Å². The second-order valence-electron chi connectivity index (χ2n) is 8.15. The van der Waals surface area contributed by atoms with Gasteiger partial charge < -0.3 is 9.64 Å². The summed E-state index contributed by atoms with van der Waals surface area (Å²) in [5, 5.41) is 0. The molecule has 2 aromatic heterocycles. The number of esters is 1. The number of piperazine rings is 1. The van der Waals surface area contributed by atoms with Crippen LogP contribution in [0.25, 0.3) is 11.1 Å². The molecule has 1 saturated heterocycles. The minimum absolute atomic E-state index is 0.185. The van der Waals surface area contributed by atoms with E-state index < -0.39 is 0 Å². The van der Waals surface area contributed by atoms with Gasteiger partial charge >= 0.3 is 5.97 Å². The molecule has 31 heavy (non-hydrogen) atoms. The summed E-state index contributed by atoms with van der Waals surface area (Å²) in [5.74, 6) is 0.409. The van der Waals surface area contributed by atoms with Crippen LogP contribution in [0.15, 0.2) is 54.7 Å². The lowest BCUT2D eigenvalue weighted by Crippen LogP contribution is -2.46. The van der Waals surface area contributed by atoms with Crippen LogP contribution >= 0.6 is 11.3 Å². The molecule has 0 atom stereocenters. The van der Waals surface area contributed by atoms with Crippen LogP contribution in [0.4, 0.5) is 5.82 Å². The number of thiophene rings is 1. The number of aryl methyl sites for hydroxylation is 1. The molecule has 0 bridgehead atoms. The number of carbonyl (C=O) groups excluding carboxylic acids is 1. The number of hydrogen-bond donors (Lipinski definition) is 0. The molecular weight excluding hydrogens is 406 g/mol. The highest BCUT2D eigenvalue weighted by Gasteiger charge is 2.27. The lowest BCUT2D eigenvalue weighted by molar-refractivity contribution is 0.0379. The van der Waals surface area contributed by atoms with Crippen molar-refractivity contribution in [2.45, 2.75) is 33.4 Å². The first kappa shape index (κ1) is 21.5. The fourth-order valence-electron chi connectivity index (χ4n) is 3.93. The fraction of sp³-hybridized carbons (Fsp3) is 0.360. The van der Waals surface area contributed by atoms with E-state index in [1.54, 1.807) is 6.20 Å². The van der Waals surface area contributed by atoms with Crippen molar-refractivity contribution in [2.24, 2.45) is 0 Å². The van der Waals surface area contributed by atoms with Crippen molar-refractivity contribution in [1.82, 2.24) is 9.88 Å². The Bertz CT molecular complexity index is 1020. The maximum Gasteiger partial charge on any atom is 0.342 e. The van der Waals surface area contributed by atoms with Crippen molar-refractivity contribution in [3.05, 3.63) is 70.0 Å². The average molecular weight is 436 g/mol. The summed E-state index contributed by atoms with van der Waals surface area (Å²) in [7, 11) is 0. The lowest BCUT2D eigenvalue weighted by atomic mass is 10.0. The number of carbonyl (C=O) groups is 1. The molecule has 1 aliphatic rings. The Balaban J connectivity index is 1.58. The van der Waals surface area contributed by atoms with Crippen LogP contribution < -0.4 is 4.90 Å². The molecule has 4 rings (SSSR count). The third kappa shape index (κ3) is 5.14. The first-order valence-corrected chi connectivity index (χ1v) is 11.6. The van der Waals surface area contributed by atoms with Gasteiger partial charge in [0, 0.05) is 54.2 Å². The molecule has 162 valence electrons. The van der Waals surface area contributed by atoms with Gasteiger partial charge in [-0.25, -0.2) is 9.78 Å². The van der Waals surface area contributed by atoms with Gasteiger partial charge in [0.2, 0.25) is 0 Å². The van der Waals surface area contributed by atoms with Crippen LogP contribution in [-0.4, -0.2) is 48.1 Å². The van der Waals surface area contributed by atoms with Crippen LogP contribution in [-0.2, 0) is 11.3 Å². The molecule has 3 aromatic rings. The maximum atomic E-state index is 13.1. The number of nitrogens with zero attached hydrogens (tertiary/aromatic N) is 3. The van der Waals surface area contributed by atoms with E-state index >= 15 is 0 Å². The van der Waals surface area contributed by atoms with Gasteiger partial charge in [0.15, 0.2) is 0 Å². The number of ether oxygens (including phenoxy) is 1. The molecular formula is C25H29N3O2S. The molecule has 5 nitrogen and oxygen atoms in total. The zero-order valence-electron chi connectivity index (χ0n) is 18.4. The highest BCUT2D eigenvalue weighted by atomic mass is 32.1. The number of pyridine rings is 1. The molecule has 0 spiro atoms. The number of aromatic nitrogens is 1. The molecule has 0 saturated carbocycles. The average Bonchev–Trinajstić information content (AvgIpc) is 3.18. The summed E-state index contributed by atoms with van der Waals surface area (Å²) in [6, 6.07) is 16.3. The van der Waals surface area contributed by atoms with Crippen LogP contribution in [0.2, 0.25) is 0 Å². The number of benzene rings is 1. The van der Waals surface area contributed by atoms with E-state index in [4.69, 9.17) is 4.74 Å². The third-order valence-electron chi connectivity index (χ3n) is 5.41. The van der Waals surface area contributed by atoms with E-state index in [9.17, 15) is 4.79 Å². The van der Waals surface area contributed by atoms with E-state index in [1.807, 2.05) is 61.6 Å². The third-order valence-corrected chi connectivity index (χ3v) is 6.40. The summed E-state index contributed by atoms with van der Waals surface area (Å²) < 4.78 is 5.62. The SMILES string of the molecule is Cc1ccc(CN2CCN(c3nccc(-c4ccccc4)c3C(=O)OC(C)C)CC2)s1. The Labute approximate surface area is 188 Å². The van der Waals surface area contributed by atoms with Gasteiger partial charge in [0.25, 0.3) is 0 Å². The Morgan fingerprint density at radius 2 is 1.81 bits per heavy atom. The predicted molar refractivity (Wildman–Crippen MR) is 127 cm³/mol. The summed E-state index contributed by atoms with van der Waals surface area (Å²) in [6.07, 6.45) is 1.61. The van der Waals surface area contributed by atoms with Crippen molar-refractivity contribution < 1.29 is 9.53 Å². The van der Waals surface area contributed by atoms with Crippen molar-refractivity contribution >= 4 is 23.1 Å². The van der Waals surface area contributed by atoms with Gasteiger partial charge in [0.1, 0.15) is 11.4 Å². The van der Waals surface area contributed by atoms with Gasteiger partial charge in [-0.3, -0.25) is 4.90 Å². The number of anilines is 1. The Kier molecular flexibility index (Phi) is 6.68. The van der Waals surface area contributed by atoms with Crippen molar-refractivity contribution in [2.75, 3.05) is 31.1 Å². The highest BCUT2D eigenvalue weighted by Crippen LogP contribution is 2.31.